The van der Waals surface area contributed by atoms with Crippen LogP contribution in [0.3, 0.4) is 0 Å². The summed E-state index contributed by atoms with van der Waals surface area (Å²) in [6, 6.07) is 11.4. The summed E-state index contributed by atoms with van der Waals surface area (Å²) in [6.45, 7) is 6.19. The molecule has 0 amide bonds. The summed E-state index contributed by atoms with van der Waals surface area (Å²) < 4.78 is 7.32. The van der Waals surface area contributed by atoms with Crippen LogP contribution in [0.5, 0.6) is 5.75 Å². The molecule has 0 N–H and O–H groups in total. The van der Waals surface area contributed by atoms with Crippen LogP contribution >= 0.6 is 22.9 Å². The third kappa shape index (κ3) is 3.89. The van der Waals surface area contributed by atoms with Crippen LogP contribution in [0.4, 0.5) is 0 Å². The van der Waals surface area contributed by atoms with Crippen molar-refractivity contribution >= 4 is 28.6 Å². The van der Waals surface area contributed by atoms with Gasteiger partial charge in [-0.15, -0.1) is 21.5 Å². The van der Waals surface area contributed by atoms with Gasteiger partial charge in [-0.25, -0.2) is 4.98 Å². The van der Waals surface area contributed by atoms with Crippen molar-refractivity contribution in [2.45, 2.75) is 33.2 Å². The van der Waals surface area contributed by atoms with Crippen molar-refractivity contribution in [3.8, 4) is 22.6 Å². The largest absolute Gasteiger partial charge is 0.495 e. The summed E-state index contributed by atoms with van der Waals surface area (Å²) in [5.41, 5.74) is 4.75. The molecular formula is C26H22ClN5OS. The number of fused-ring (bicyclic) bond motifs is 3. The Morgan fingerprint density at radius 1 is 1.09 bits per heavy atom. The first-order valence-corrected chi connectivity index (χ1v) is 12.1. The Morgan fingerprint density at radius 2 is 1.88 bits per heavy atom. The molecule has 34 heavy (non-hydrogen) atoms. The second kappa shape index (κ2) is 9.05. The predicted octanol–water partition coefficient (Wildman–Crippen LogP) is 5.70. The van der Waals surface area contributed by atoms with E-state index < -0.39 is 0 Å². The number of thiophene rings is 1. The fraction of sp³-hybridized carbons (Fsp3) is 0.231. The van der Waals surface area contributed by atoms with E-state index in [9.17, 15) is 0 Å². The van der Waals surface area contributed by atoms with Crippen LogP contribution in [0.15, 0.2) is 47.6 Å². The summed E-state index contributed by atoms with van der Waals surface area (Å²) >= 11 is 7.80. The lowest BCUT2D eigenvalue weighted by Gasteiger charge is -2.10. The molecule has 0 saturated heterocycles. The Balaban J connectivity index is 1.70. The second-order valence-electron chi connectivity index (χ2n) is 7.92. The van der Waals surface area contributed by atoms with E-state index in [1.165, 1.54) is 0 Å². The third-order valence-corrected chi connectivity index (χ3v) is 7.23. The standard InChI is InChI=1S/C26H22ClN5OS/c1-5-21-25-31-30-16(3)32(25)26-23(24(29-21)17-6-8-18(27)9-7-17)15(2)22(34-26)13-11-19-10-12-20(33-4)14-28-19/h6-10,12,14,21H,5H2,1-4H3/t21-/m0/s1. The number of methoxy groups -OCH3 is 1. The number of hydrogen-bond acceptors (Lipinski definition) is 6. The Labute approximate surface area is 207 Å². The van der Waals surface area contributed by atoms with E-state index in [-0.39, 0.29) is 6.04 Å². The summed E-state index contributed by atoms with van der Waals surface area (Å²) in [6.07, 6.45) is 2.49. The van der Waals surface area contributed by atoms with Gasteiger partial charge >= 0.3 is 0 Å². The minimum absolute atomic E-state index is 0.0936. The van der Waals surface area contributed by atoms with Crippen LogP contribution in [0.1, 0.15) is 58.3 Å². The molecule has 1 aliphatic rings. The monoisotopic (exact) mass is 487 g/mol. The van der Waals surface area contributed by atoms with E-state index in [2.05, 4.69) is 45.4 Å². The molecule has 0 saturated carbocycles. The van der Waals surface area contributed by atoms with Crippen LogP contribution < -0.4 is 4.74 Å². The predicted molar refractivity (Wildman–Crippen MR) is 136 cm³/mol. The van der Waals surface area contributed by atoms with Crippen LogP contribution in [0, 0.1) is 25.7 Å². The Kier molecular flexibility index (Phi) is 5.94. The molecule has 8 heteroatoms. The number of hydrogen-bond donors (Lipinski definition) is 0. The van der Waals surface area contributed by atoms with Crippen LogP contribution in [0.25, 0.3) is 5.00 Å². The first-order chi connectivity index (χ1) is 16.5. The summed E-state index contributed by atoms with van der Waals surface area (Å²) in [4.78, 5) is 10.5. The van der Waals surface area contributed by atoms with Gasteiger partial charge in [0, 0.05) is 16.1 Å². The first-order valence-electron chi connectivity index (χ1n) is 10.9. The minimum Gasteiger partial charge on any atom is -0.495 e. The number of halogens is 1. The number of pyridine rings is 1. The molecule has 0 unspecified atom stereocenters. The molecule has 0 aliphatic carbocycles. The highest BCUT2D eigenvalue weighted by atomic mass is 35.5. The number of ether oxygens (including phenoxy) is 1. The smallest absolute Gasteiger partial charge is 0.163 e. The third-order valence-electron chi connectivity index (χ3n) is 5.78. The van der Waals surface area contributed by atoms with Gasteiger partial charge in [-0.2, -0.15) is 0 Å². The lowest BCUT2D eigenvalue weighted by Crippen LogP contribution is -2.07. The highest BCUT2D eigenvalue weighted by Crippen LogP contribution is 2.39. The quantitative estimate of drug-likeness (QED) is 0.347. The molecule has 6 nitrogen and oxygen atoms in total. The lowest BCUT2D eigenvalue weighted by molar-refractivity contribution is 0.413. The van der Waals surface area contributed by atoms with Crippen molar-refractivity contribution in [3.05, 3.63) is 86.5 Å². The average molecular weight is 488 g/mol. The van der Waals surface area contributed by atoms with Gasteiger partial charge in [0.15, 0.2) is 5.82 Å². The number of aliphatic imine (C=N–C) groups is 1. The normalized spacial score (nSPS) is 14.4. The number of rotatable bonds is 3. The molecular weight excluding hydrogens is 466 g/mol. The van der Waals surface area contributed by atoms with Gasteiger partial charge in [-0.3, -0.25) is 9.56 Å². The maximum absolute atomic E-state index is 6.18. The molecule has 0 radical (unpaired) electrons. The van der Waals surface area contributed by atoms with Crippen molar-refractivity contribution in [3.63, 3.8) is 0 Å². The van der Waals surface area contributed by atoms with Crippen molar-refractivity contribution in [2.24, 2.45) is 4.99 Å². The van der Waals surface area contributed by atoms with E-state index in [1.54, 1.807) is 24.6 Å². The maximum atomic E-state index is 6.18. The molecule has 1 aliphatic heterocycles. The molecule has 0 spiro atoms. The van der Waals surface area contributed by atoms with Gasteiger partial charge in [-0.1, -0.05) is 30.7 Å². The van der Waals surface area contributed by atoms with E-state index in [1.807, 2.05) is 43.3 Å². The maximum Gasteiger partial charge on any atom is 0.163 e. The topological polar surface area (TPSA) is 65.2 Å². The van der Waals surface area contributed by atoms with Gasteiger partial charge in [0.05, 0.1) is 23.9 Å². The molecule has 170 valence electrons. The van der Waals surface area contributed by atoms with Crippen LogP contribution in [0.2, 0.25) is 5.02 Å². The van der Waals surface area contributed by atoms with Gasteiger partial charge < -0.3 is 4.74 Å². The van der Waals surface area contributed by atoms with Gasteiger partial charge in [0.1, 0.15) is 28.3 Å². The number of aromatic nitrogens is 4. The zero-order chi connectivity index (χ0) is 23.8. The van der Waals surface area contributed by atoms with Crippen LogP contribution in [-0.4, -0.2) is 32.6 Å². The molecule has 4 heterocycles. The summed E-state index contributed by atoms with van der Waals surface area (Å²) in [5.74, 6) is 8.90. The second-order valence-corrected chi connectivity index (χ2v) is 9.35. The van der Waals surface area contributed by atoms with Crippen molar-refractivity contribution < 1.29 is 4.74 Å². The zero-order valence-corrected chi connectivity index (χ0v) is 20.8. The van der Waals surface area contributed by atoms with Gasteiger partial charge in [0.2, 0.25) is 0 Å². The van der Waals surface area contributed by atoms with Crippen molar-refractivity contribution in [2.75, 3.05) is 7.11 Å². The van der Waals surface area contributed by atoms with E-state index >= 15 is 0 Å². The SMILES string of the molecule is CC[C@@H]1N=C(c2ccc(Cl)cc2)c2c(sc(C#Cc3ccc(OC)cn3)c2C)-n2c(C)nnc21. The highest BCUT2D eigenvalue weighted by molar-refractivity contribution is 7.15. The van der Waals surface area contributed by atoms with Crippen molar-refractivity contribution in [1.82, 2.24) is 19.7 Å². The molecule has 1 aromatic carbocycles. The summed E-state index contributed by atoms with van der Waals surface area (Å²) in [7, 11) is 1.62. The Hall–Kier alpha value is -3.47. The molecule has 4 aromatic rings. The Morgan fingerprint density at radius 3 is 2.56 bits per heavy atom. The van der Waals surface area contributed by atoms with E-state index in [0.29, 0.717) is 16.5 Å². The molecule has 5 rings (SSSR count). The van der Waals surface area contributed by atoms with E-state index in [0.717, 1.165) is 50.3 Å². The molecule has 0 fully saturated rings. The molecule has 0 bridgehead atoms. The number of aryl methyl sites for hydroxylation is 1. The van der Waals surface area contributed by atoms with Crippen molar-refractivity contribution in [1.29, 1.82) is 0 Å². The van der Waals surface area contributed by atoms with Gasteiger partial charge in [-0.05, 0) is 61.9 Å². The fourth-order valence-electron chi connectivity index (χ4n) is 3.97. The Bertz CT molecular complexity index is 1460. The van der Waals surface area contributed by atoms with E-state index in [4.69, 9.17) is 21.3 Å². The summed E-state index contributed by atoms with van der Waals surface area (Å²) in [5, 5.41) is 10.6. The average Bonchev–Trinajstić information content (AvgIpc) is 3.34. The minimum atomic E-state index is -0.0936. The molecule has 3 aromatic heterocycles. The fourth-order valence-corrected chi connectivity index (χ4v) is 5.32. The first kappa shape index (κ1) is 22.3. The van der Waals surface area contributed by atoms with Crippen LogP contribution in [-0.2, 0) is 0 Å². The van der Waals surface area contributed by atoms with Gasteiger partial charge in [0.25, 0.3) is 0 Å². The zero-order valence-electron chi connectivity index (χ0n) is 19.3. The number of nitrogens with zero attached hydrogens (tertiary/aromatic N) is 5. The highest BCUT2D eigenvalue weighted by Gasteiger charge is 2.31. The molecule has 1 atom stereocenters. The lowest BCUT2D eigenvalue weighted by atomic mass is 9.99. The number of benzene rings is 1.